The van der Waals surface area contributed by atoms with Crippen LogP contribution in [0.3, 0.4) is 0 Å². The van der Waals surface area contributed by atoms with E-state index in [1.165, 1.54) is 24.3 Å². The zero-order valence-electron chi connectivity index (χ0n) is 14.0. The van der Waals surface area contributed by atoms with Crippen LogP contribution in [-0.4, -0.2) is 27.5 Å². The second kappa shape index (κ2) is 7.89. The molecule has 0 aliphatic rings. The van der Waals surface area contributed by atoms with Gasteiger partial charge in [-0.05, 0) is 38.1 Å². The van der Waals surface area contributed by atoms with Crippen molar-refractivity contribution in [3.63, 3.8) is 0 Å². The van der Waals surface area contributed by atoms with Crippen molar-refractivity contribution in [2.75, 3.05) is 17.9 Å². The average Bonchev–Trinajstić information content (AvgIpc) is 2.56. The van der Waals surface area contributed by atoms with Crippen molar-refractivity contribution in [1.29, 1.82) is 0 Å². The Morgan fingerprint density at radius 3 is 2.40 bits per heavy atom. The molecule has 134 valence electrons. The van der Waals surface area contributed by atoms with E-state index in [2.05, 4.69) is 4.72 Å². The van der Waals surface area contributed by atoms with Crippen molar-refractivity contribution in [2.24, 2.45) is 5.73 Å². The maximum absolute atomic E-state index is 12.8. The van der Waals surface area contributed by atoms with E-state index in [0.29, 0.717) is 19.0 Å². The van der Waals surface area contributed by atoms with Crippen LogP contribution in [0, 0.1) is 0 Å². The lowest BCUT2D eigenvalue weighted by Gasteiger charge is -2.15. The Balaban J connectivity index is 2.48. The minimum absolute atomic E-state index is 0.0741. The summed E-state index contributed by atoms with van der Waals surface area (Å²) in [5.41, 5.74) is 5.47. The molecule has 0 fully saturated rings. The van der Waals surface area contributed by atoms with Gasteiger partial charge in [-0.3, -0.25) is 9.52 Å². The average molecular weight is 364 g/mol. The summed E-state index contributed by atoms with van der Waals surface area (Å²) in [4.78, 5) is 11.4. The quantitative estimate of drug-likeness (QED) is 0.748. The van der Waals surface area contributed by atoms with E-state index in [1.807, 2.05) is 0 Å². The third-order valence-corrected chi connectivity index (χ3v) is 4.64. The number of carbonyl (C=O) groups is 1. The van der Waals surface area contributed by atoms with Crippen molar-refractivity contribution in [3.8, 4) is 11.5 Å². The molecule has 2 rings (SSSR count). The number of rotatable bonds is 8. The van der Waals surface area contributed by atoms with Crippen molar-refractivity contribution in [2.45, 2.75) is 18.7 Å². The number of sulfonamides is 1. The van der Waals surface area contributed by atoms with Gasteiger partial charge in [0.25, 0.3) is 15.9 Å². The highest BCUT2D eigenvalue weighted by molar-refractivity contribution is 7.92. The molecule has 8 heteroatoms. The lowest BCUT2D eigenvalue weighted by atomic mass is 10.2. The number of benzene rings is 2. The monoisotopic (exact) mass is 364 g/mol. The minimum Gasteiger partial charge on any atom is -0.494 e. The number of hydrogen-bond donors (Lipinski definition) is 2. The lowest BCUT2D eigenvalue weighted by Crippen LogP contribution is -2.19. The van der Waals surface area contributed by atoms with Gasteiger partial charge in [0.15, 0.2) is 0 Å². The maximum atomic E-state index is 12.8. The number of ether oxygens (including phenoxy) is 2. The summed E-state index contributed by atoms with van der Waals surface area (Å²) in [5, 5.41) is 0. The molecule has 1 amide bonds. The second-order valence-electron chi connectivity index (χ2n) is 4.99. The molecular formula is C17H20N2O5S. The van der Waals surface area contributed by atoms with Crippen LogP contribution < -0.4 is 19.9 Å². The number of nitrogens with one attached hydrogen (secondary N) is 1. The first-order valence-corrected chi connectivity index (χ1v) is 9.18. The first kappa shape index (κ1) is 18.6. The van der Waals surface area contributed by atoms with Crippen molar-refractivity contribution in [1.82, 2.24) is 0 Å². The number of anilines is 1. The fraction of sp³-hybridized carbons (Fsp3) is 0.235. The molecule has 0 aromatic heterocycles. The zero-order valence-corrected chi connectivity index (χ0v) is 14.8. The largest absolute Gasteiger partial charge is 0.494 e. The summed E-state index contributed by atoms with van der Waals surface area (Å²) in [6.45, 7) is 4.24. The molecule has 0 aliphatic carbocycles. The molecule has 3 N–H and O–H groups in total. The summed E-state index contributed by atoms with van der Waals surface area (Å²) in [7, 11) is -4.03. The van der Waals surface area contributed by atoms with Crippen LogP contribution in [-0.2, 0) is 10.0 Å². The number of carbonyl (C=O) groups excluding carboxylic acids is 1. The molecule has 25 heavy (non-hydrogen) atoms. The Morgan fingerprint density at radius 1 is 1.08 bits per heavy atom. The van der Waals surface area contributed by atoms with Gasteiger partial charge in [0.1, 0.15) is 16.4 Å². The van der Waals surface area contributed by atoms with E-state index in [4.69, 9.17) is 15.2 Å². The minimum atomic E-state index is -4.03. The highest BCUT2D eigenvalue weighted by Crippen LogP contribution is 2.30. The molecule has 0 spiro atoms. The Kier molecular flexibility index (Phi) is 5.87. The molecule has 0 heterocycles. The van der Waals surface area contributed by atoms with Crippen LogP contribution in [0.1, 0.15) is 24.2 Å². The zero-order chi connectivity index (χ0) is 18.4. The molecule has 0 bridgehead atoms. The Hall–Kier alpha value is -2.74. The fourth-order valence-electron chi connectivity index (χ4n) is 2.22. The standard InChI is InChI=1S/C17H20N2O5S/c1-3-23-12-9-10-15(24-4-2)16(11-12)25(21,22)19-14-8-6-5-7-13(14)17(18)20/h5-11,19H,3-4H2,1-2H3,(H2,18,20). The van der Waals surface area contributed by atoms with Crippen LogP contribution in [0.25, 0.3) is 0 Å². The Bertz CT molecular complexity index is 865. The van der Waals surface area contributed by atoms with Crippen LogP contribution in [0.4, 0.5) is 5.69 Å². The van der Waals surface area contributed by atoms with Gasteiger partial charge >= 0.3 is 0 Å². The third kappa shape index (κ3) is 4.42. The van der Waals surface area contributed by atoms with Crippen LogP contribution in [0.2, 0.25) is 0 Å². The molecule has 2 aromatic carbocycles. The van der Waals surface area contributed by atoms with E-state index < -0.39 is 15.9 Å². The van der Waals surface area contributed by atoms with Crippen LogP contribution in [0.15, 0.2) is 47.4 Å². The van der Waals surface area contributed by atoms with Gasteiger partial charge < -0.3 is 15.2 Å². The summed E-state index contributed by atoms with van der Waals surface area (Å²) in [6, 6.07) is 10.6. The first-order valence-electron chi connectivity index (χ1n) is 7.70. The molecule has 0 atom stereocenters. The van der Waals surface area contributed by atoms with Crippen LogP contribution >= 0.6 is 0 Å². The topological polar surface area (TPSA) is 108 Å². The molecular weight excluding hydrogens is 344 g/mol. The predicted molar refractivity (Wildman–Crippen MR) is 94.5 cm³/mol. The predicted octanol–water partition coefficient (Wildman–Crippen LogP) is 2.38. The maximum Gasteiger partial charge on any atom is 0.265 e. The highest BCUT2D eigenvalue weighted by Gasteiger charge is 2.23. The van der Waals surface area contributed by atoms with E-state index in [1.54, 1.807) is 32.0 Å². The van der Waals surface area contributed by atoms with Crippen molar-refractivity contribution < 1.29 is 22.7 Å². The lowest BCUT2D eigenvalue weighted by molar-refractivity contribution is 0.100. The summed E-state index contributed by atoms with van der Waals surface area (Å²) < 4.78 is 38.8. The Labute approximate surface area is 146 Å². The fourth-order valence-corrected chi connectivity index (χ4v) is 3.46. The van der Waals surface area contributed by atoms with Crippen molar-refractivity contribution in [3.05, 3.63) is 48.0 Å². The third-order valence-electron chi connectivity index (χ3n) is 3.25. The molecule has 0 aliphatic heterocycles. The van der Waals surface area contributed by atoms with E-state index in [-0.39, 0.29) is 21.9 Å². The SMILES string of the molecule is CCOc1ccc(OCC)c(S(=O)(=O)Nc2ccccc2C(N)=O)c1. The molecule has 0 unspecified atom stereocenters. The Morgan fingerprint density at radius 2 is 1.76 bits per heavy atom. The molecule has 0 saturated carbocycles. The van der Waals surface area contributed by atoms with Gasteiger partial charge in [0, 0.05) is 6.07 Å². The smallest absolute Gasteiger partial charge is 0.265 e. The highest BCUT2D eigenvalue weighted by atomic mass is 32.2. The first-order chi connectivity index (χ1) is 11.9. The molecule has 0 radical (unpaired) electrons. The second-order valence-corrected chi connectivity index (χ2v) is 6.64. The summed E-state index contributed by atoms with van der Waals surface area (Å²) in [6.07, 6.45) is 0. The number of para-hydroxylation sites is 1. The van der Waals surface area contributed by atoms with Crippen molar-refractivity contribution >= 4 is 21.6 Å². The number of amides is 1. The van der Waals surface area contributed by atoms with Gasteiger partial charge in [0.05, 0.1) is 24.5 Å². The summed E-state index contributed by atoms with van der Waals surface area (Å²) in [5.74, 6) is -0.143. The van der Waals surface area contributed by atoms with Gasteiger partial charge in [0.2, 0.25) is 0 Å². The molecule has 2 aromatic rings. The number of primary amides is 1. The summed E-state index contributed by atoms with van der Waals surface area (Å²) >= 11 is 0. The van der Waals surface area contributed by atoms with E-state index in [0.717, 1.165) is 0 Å². The van der Waals surface area contributed by atoms with Crippen LogP contribution in [0.5, 0.6) is 11.5 Å². The number of nitrogens with two attached hydrogens (primary N) is 1. The van der Waals surface area contributed by atoms with Gasteiger partial charge in [-0.25, -0.2) is 8.42 Å². The molecule has 0 saturated heterocycles. The van der Waals surface area contributed by atoms with E-state index in [9.17, 15) is 13.2 Å². The van der Waals surface area contributed by atoms with Gasteiger partial charge in [-0.15, -0.1) is 0 Å². The van der Waals surface area contributed by atoms with E-state index >= 15 is 0 Å². The van der Waals surface area contributed by atoms with Gasteiger partial charge in [-0.1, -0.05) is 12.1 Å². The molecule has 7 nitrogen and oxygen atoms in total. The normalized spacial score (nSPS) is 11.0. The number of hydrogen-bond acceptors (Lipinski definition) is 5. The van der Waals surface area contributed by atoms with Gasteiger partial charge in [-0.2, -0.15) is 0 Å².